The third kappa shape index (κ3) is 5.01. The molecule has 1 aromatic carbocycles. The molecule has 1 atom stereocenters. The Balaban J connectivity index is 1.65. The van der Waals surface area contributed by atoms with Crippen LogP contribution in [0.25, 0.3) is 0 Å². The summed E-state index contributed by atoms with van der Waals surface area (Å²) in [7, 11) is 2.23. The van der Waals surface area contributed by atoms with E-state index in [1.54, 1.807) is 0 Å². The number of nitrogens with one attached hydrogen (secondary N) is 1. The van der Waals surface area contributed by atoms with E-state index in [1.165, 1.54) is 38.0 Å². The number of likely N-dealkylation sites (N-methyl/N-ethyl adjacent to an activating group) is 1. The Kier molecular flexibility index (Phi) is 6.52. The van der Waals surface area contributed by atoms with Crippen LogP contribution in [0.4, 0.5) is 5.69 Å². The van der Waals surface area contributed by atoms with Crippen LogP contribution in [-0.2, 0) is 0 Å². The molecular formula is C18H31N3. The number of anilines is 1. The molecule has 1 aliphatic heterocycles. The van der Waals surface area contributed by atoms with Gasteiger partial charge in [-0.1, -0.05) is 25.1 Å². The van der Waals surface area contributed by atoms with Gasteiger partial charge in [0.2, 0.25) is 0 Å². The first kappa shape index (κ1) is 16.3. The standard InChI is InChI=1S/C18H31N3/c1-4-16(2)20(3)15-12-19-17-10-13-21(14-11-17)18-8-6-5-7-9-18/h5-9,16-17,19H,4,10-15H2,1-3H3. The van der Waals surface area contributed by atoms with Crippen molar-refractivity contribution < 1.29 is 0 Å². The number of hydrogen-bond donors (Lipinski definition) is 1. The summed E-state index contributed by atoms with van der Waals surface area (Å²) in [6, 6.07) is 12.2. The summed E-state index contributed by atoms with van der Waals surface area (Å²) in [5.41, 5.74) is 1.37. The van der Waals surface area contributed by atoms with Gasteiger partial charge in [-0.3, -0.25) is 0 Å². The first-order chi connectivity index (χ1) is 10.2. The summed E-state index contributed by atoms with van der Waals surface area (Å²) in [6.07, 6.45) is 3.73. The van der Waals surface area contributed by atoms with E-state index in [9.17, 15) is 0 Å². The quantitative estimate of drug-likeness (QED) is 0.832. The first-order valence-electron chi connectivity index (χ1n) is 8.44. The van der Waals surface area contributed by atoms with Crippen LogP contribution < -0.4 is 10.2 Å². The predicted molar refractivity (Wildman–Crippen MR) is 92.1 cm³/mol. The Bertz CT molecular complexity index is 385. The second kappa shape index (κ2) is 8.40. The molecule has 3 nitrogen and oxygen atoms in total. The first-order valence-corrected chi connectivity index (χ1v) is 8.44. The molecule has 1 aliphatic rings. The monoisotopic (exact) mass is 289 g/mol. The van der Waals surface area contributed by atoms with E-state index in [-0.39, 0.29) is 0 Å². The Morgan fingerprint density at radius 1 is 1.24 bits per heavy atom. The predicted octanol–water partition coefficient (Wildman–Crippen LogP) is 2.98. The fraction of sp³-hybridized carbons (Fsp3) is 0.667. The molecule has 2 rings (SSSR count). The maximum absolute atomic E-state index is 3.74. The van der Waals surface area contributed by atoms with Crippen molar-refractivity contribution in [1.82, 2.24) is 10.2 Å². The van der Waals surface area contributed by atoms with Gasteiger partial charge in [-0.05, 0) is 45.4 Å². The smallest absolute Gasteiger partial charge is 0.0366 e. The molecular weight excluding hydrogens is 258 g/mol. The van der Waals surface area contributed by atoms with Gasteiger partial charge < -0.3 is 15.1 Å². The van der Waals surface area contributed by atoms with Crippen LogP contribution in [0.5, 0.6) is 0 Å². The molecule has 0 spiro atoms. The van der Waals surface area contributed by atoms with E-state index in [0.717, 1.165) is 13.1 Å². The molecule has 0 bridgehead atoms. The fourth-order valence-corrected chi connectivity index (χ4v) is 2.96. The molecule has 0 saturated carbocycles. The Morgan fingerprint density at radius 2 is 1.90 bits per heavy atom. The minimum atomic E-state index is 0.687. The van der Waals surface area contributed by atoms with Gasteiger partial charge in [0, 0.05) is 44.0 Å². The minimum absolute atomic E-state index is 0.687. The van der Waals surface area contributed by atoms with Crippen molar-refractivity contribution in [3.05, 3.63) is 30.3 Å². The molecule has 0 amide bonds. The molecule has 118 valence electrons. The summed E-state index contributed by atoms with van der Waals surface area (Å²) in [5.74, 6) is 0. The Morgan fingerprint density at radius 3 is 2.52 bits per heavy atom. The summed E-state index contributed by atoms with van der Waals surface area (Å²) >= 11 is 0. The van der Waals surface area contributed by atoms with Crippen molar-refractivity contribution in [3.8, 4) is 0 Å². The van der Waals surface area contributed by atoms with E-state index >= 15 is 0 Å². The second-order valence-electron chi connectivity index (χ2n) is 6.29. The molecule has 1 aromatic rings. The second-order valence-corrected chi connectivity index (χ2v) is 6.29. The zero-order chi connectivity index (χ0) is 15.1. The molecule has 1 saturated heterocycles. The molecule has 21 heavy (non-hydrogen) atoms. The van der Waals surface area contributed by atoms with E-state index < -0.39 is 0 Å². The van der Waals surface area contributed by atoms with Gasteiger partial charge in [-0.2, -0.15) is 0 Å². The van der Waals surface area contributed by atoms with Gasteiger partial charge in [0.05, 0.1) is 0 Å². The van der Waals surface area contributed by atoms with E-state index in [4.69, 9.17) is 0 Å². The number of benzene rings is 1. The SMILES string of the molecule is CCC(C)N(C)CCNC1CCN(c2ccccc2)CC1. The topological polar surface area (TPSA) is 18.5 Å². The lowest BCUT2D eigenvalue weighted by atomic mass is 10.0. The molecule has 1 N–H and O–H groups in total. The normalized spacial score (nSPS) is 18.2. The zero-order valence-corrected chi connectivity index (χ0v) is 13.9. The minimum Gasteiger partial charge on any atom is -0.371 e. The van der Waals surface area contributed by atoms with Crippen LogP contribution in [0, 0.1) is 0 Å². The van der Waals surface area contributed by atoms with Crippen LogP contribution in [0.2, 0.25) is 0 Å². The van der Waals surface area contributed by atoms with Gasteiger partial charge in [0.15, 0.2) is 0 Å². The summed E-state index contributed by atoms with van der Waals surface area (Å²) in [4.78, 5) is 4.95. The third-order valence-corrected chi connectivity index (χ3v) is 4.86. The zero-order valence-electron chi connectivity index (χ0n) is 13.9. The summed E-state index contributed by atoms with van der Waals surface area (Å²) in [5, 5.41) is 3.74. The number of hydrogen-bond acceptors (Lipinski definition) is 3. The molecule has 0 radical (unpaired) electrons. The van der Waals surface area contributed by atoms with Gasteiger partial charge >= 0.3 is 0 Å². The number of para-hydroxylation sites is 1. The van der Waals surface area contributed by atoms with Gasteiger partial charge in [0.1, 0.15) is 0 Å². The van der Waals surface area contributed by atoms with Crippen molar-refractivity contribution in [3.63, 3.8) is 0 Å². The number of piperidine rings is 1. The lowest BCUT2D eigenvalue weighted by molar-refractivity contribution is 0.245. The Labute approximate surface area is 130 Å². The molecule has 1 fully saturated rings. The van der Waals surface area contributed by atoms with Crippen LogP contribution in [0.3, 0.4) is 0 Å². The van der Waals surface area contributed by atoms with E-state index in [0.29, 0.717) is 12.1 Å². The highest BCUT2D eigenvalue weighted by Crippen LogP contribution is 2.19. The molecule has 0 aromatic heterocycles. The molecule has 3 heteroatoms. The highest BCUT2D eigenvalue weighted by molar-refractivity contribution is 5.46. The Hall–Kier alpha value is -1.06. The van der Waals surface area contributed by atoms with Gasteiger partial charge in [0.25, 0.3) is 0 Å². The van der Waals surface area contributed by atoms with Crippen LogP contribution in [0.15, 0.2) is 30.3 Å². The number of rotatable bonds is 7. The molecule has 1 unspecified atom stereocenters. The lowest BCUT2D eigenvalue weighted by Gasteiger charge is -2.34. The third-order valence-electron chi connectivity index (χ3n) is 4.86. The van der Waals surface area contributed by atoms with Crippen molar-refractivity contribution >= 4 is 5.69 Å². The van der Waals surface area contributed by atoms with Crippen LogP contribution in [0.1, 0.15) is 33.1 Å². The summed E-state index contributed by atoms with van der Waals surface area (Å²) < 4.78 is 0. The number of nitrogens with zero attached hydrogens (tertiary/aromatic N) is 2. The van der Waals surface area contributed by atoms with Gasteiger partial charge in [-0.15, -0.1) is 0 Å². The maximum Gasteiger partial charge on any atom is 0.0366 e. The van der Waals surface area contributed by atoms with Crippen LogP contribution >= 0.6 is 0 Å². The fourth-order valence-electron chi connectivity index (χ4n) is 2.96. The maximum atomic E-state index is 3.74. The van der Waals surface area contributed by atoms with Crippen molar-refractivity contribution in [2.24, 2.45) is 0 Å². The largest absolute Gasteiger partial charge is 0.371 e. The van der Waals surface area contributed by atoms with Crippen molar-refractivity contribution in [1.29, 1.82) is 0 Å². The van der Waals surface area contributed by atoms with Crippen LogP contribution in [-0.4, -0.2) is 50.2 Å². The van der Waals surface area contributed by atoms with E-state index in [2.05, 4.69) is 66.3 Å². The highest BCUT2D eigenvalue weighted by atomic mass is 15.2. The average molecular weight is 289 g/mol. The lowest BCUT2D eigenvalue weighted by Crippen LogP contribution is -2.45. The van der Waals surface area contributed by atoms with Crippen molar-refractivity contribution in [2.75, 3.05) is 38.1 Å². The molecule has 0 aliphatic carbocycles. The molecule has 1 heterocycles. The van der Waals surface area contributed by atoms with Crippen molar-refractivity contribution in [2.45, 2.75) is 45.2 Å². The average Bonchev–Trinajstić information content (AvgIpc) is 2.55. The summed E-state index contributed by atoms with van der Waals surface area (Å²) in [6.45, 7) is 9.16. The highest BCUT2D eigenvalue weighted by Gasteiger charge is 2.18. The van der Waals surface area contributed by atoms with Gasteiger partial charge in [-0.25, -0.2) is 0 Å². The van der Waals surface area contributed by atoms with E-state index in [1.807, 2.05) is 0 Å².